The summed E-state index contributed by atoms with van der Waals surface area (Å²) < 4.78 is 39.0. The summed E-state index contributed by atoms with van der Waals surface area (Å²) in [4.78, 5) is 89.1. The molecular formula is C53H64ClN13O9S. The van der Waals surface area contributed by atoms with Gasteiger partial charge in [-0.25, -0.2) is 13.4 Å². The van der Waals surface area contributed by atoms with Gasteiger partial charge in [0, 0.05) is 100.0 Å². The third kappa shape index (κ3) is 13.1. The molecule has 0 spiro atoms. The maximum Gasteiger partial charge on any atom is 0.257 e. The van der Waals surface area contributed by atoms with Crippen LogP contribution in [-0.2, 0) is 42.2 Å². The molecule has 3 saturated heterocycles. The topological polar surface area (TPSA) is 263 Å². The van der Waals surface area contributed by atoms with Crippen LogP contribution in [0.1, 0.15) is 86.2 Å². The molecule has 0 aliphatic carbocycles. The van der Waals surface area contributed by atoms with Crippen LogP contribution < -0.4 is 40.4 Å². The molecule has 3 aromatic carbocycles. The summed E-state index contributed by atoms with van der Waals surface area (Å²) in [6.07, 6.45) is 12.5. The van der Waals surface area contributed by atoms with E-state index in [9.17, 15) is 32.4 Å². The van der Waals surface area contributed by atoms with Crippen LogP contribution in [-0.4, -0.2) is 150 Å². The number of imide groups is 1. The fraction of sp³-hybridized carbons (Fsp3) is 0.453. The largest absolute Gasteiger partial charge is 0.494 e. The van der Waals surface area contributed by atoms with Crippen LogP contribution in [0.5, 0.6) is 11.5 Å². The number of aryl methyl sites for hydroxylation is 1. The number of hydrogen-bond donors (Lipinski definition) is 5. The van der Waals surface area contributed by atoms with Crippen molar-refractivity contribution >= 4 is 96.7 Å². The minimum atomic E-state index is -3.69. The number of aromatic nitrogens is 4. The Hall–Kier alpha value is -7.37. The molecule has 0 radical (unpaired) electrons. The fourth-order valence-corrected chi connectivity index (χ4v) is 11.2. The highest BCUT2D eigenvalue weighted by atomic mass is 35.5. The number of amides is 5. The van der Waals surface area contributed by atoms with Gasteiger partial charge >= 0.3 is 0 Å². The number of benzene rings is 3. The molecule has 3 fully saturated rings. The number of carbonyl (C=O) groups excluding carboxylic acids is 5. The molecule has 4 aliphatic heterocycles. The molecular weight excluding hydrogens is 1030 g/mol. The number of piperazine rings is 1. The van der Waals surface area contributed by atoms with Gasteiger partial charge in [-0.15, -0.1) is 0 Å². The highest BCUT2D eigenvalue weighted by Crippen LogP contribution is 2.39. The van der Waals surface area contributed by atoms with Crippen LogP contribution in [0.4, 0.5) is 34.5 Å². The summed E-state index contributed by atoms with van der Waals surface area (Å²) >= 11 is 6.57. The number of methoxy groups -OCH3 is 1. The molecule has 1 unspecified atom stereocenters. The fourth-order valence-electron chi connectivity index (χ4n) is 10.5. The molecule has 0 saturated carbocycles. The normalized spacial score (nSPS) is 17.3. The summed E-state index contributed by atoms with van der Waals surface area (Å²) in [6.45, 7) is 7.43. The van der Waals surface area contributed by atoms with Gasteiger partial charge in [0.15, 0.2) is 12.4 Å². The second-order valence-corrected chi connectivity index (χ2v) is 21.7. The zero-order valence-corrected chi connectivity index (χ0v) is 45.0. The SMILES string of the molecule is CCc1cc(Nc2ncc(Cl)c(Nc3ccc4nccnc4c3NS(C)(=O)=O)n2)c(OC)cc1N1CCC(N2CCN(C(=O)CCCCCCNC(=O)COc3cccc4c3CN(C3CCC(=O)NC3=O)C4=O)CC2)CC1. The predicted octanol–water partition coefficient (Wildman–Crippen LogP) is 5.52. The van der Waals surface area contributed by atoms with E-state index in [1.165, 1.54) is 23.5 Å². The standard InChI is InChI=1S/C53H64ClN13O9S/c1-4-33-28-40(60-53-58-30-37(54)50(62-53)59-39-14-13-38-48(57-21-20-55-38)49(39)63-77(3,73)74)44(75-2)29-42(33)65-22-17-34(18-23-65)64-24-26-66(27-25-64)47(70)12-7-5-6-8-19-56-46(69)32-76-43-11-9-10-35-36(43)31-67(52(35)72)41-15-16-45(68)61-51(41)71/h9-11,13-14,20-21,28-30,34,41,63H,4-8,12,15-19,22-27,31-32H2,1-3H3,(H,56,69)(H,61,68,71)(H2,58,59,60,62). The van der Waals surface area contributed by atoms with Crippen molar-refractivity contribution in [2.45, 2.75) is 89.8 Å². The first-order valence-electron chi connectivity index (χ1n) is 26.1. The van der Waals surface area contributed by atoms with E-state index in [0.29, 0.717) is 77.1 Å². The number of anilines is 6. The zero-order chi connectivity index (χ0) is 54.2. The number of ether oxygens (including phenoxy) is 2. The number of halogens is 1. The van der Waals surface area contributed by atoms with Crippen LogP contribution in [0.3, 0.4) is 0 Å². The first-order valence-corrected chi connectivity index (χ1v) is 28.3. The number of sulfonamides is 1. The van der Waals surface area contributed by atoms with Crippen molar-refractivity contribution < 1.29 is 41.9 Å². The predicted molar refractivity (Wildman–Crippen MR) is 291 cm³/mol. The number of rotatable bonds is 21. The van der Waals surface area contributed by atoms with Crippen molar-refractivity contribution in [1.82, 2.24) is 45.3 Å². The smallest absolute Gasteiger partial charge is 0.257 e. The molecule has 2 aromatic heterocycles. The van der Waals surface area contributed by atoms with E-state index < -0.39 is 22.0 Å². The van der Waals surface area contributed by atoms with Gasteiger partial charge < -0.3 is 40.1 Å². The highest BCUT2D eigenvalue weighted by Gasteiger charge is 2.40. The lowest BCUT2D eigenvalue weighted by Gasteiger charge is -2.43. The second kappa shape index (κ2) is 24.3. The molecule has 5 N–H and O–H groups in total. The second-order valence-electron chi connectivity index (χ2n) is 19.6. The Morgan fingerprint density at radius 2 is 1.66 bits per heavy atom. The lowest BCUT2D eigenvalue weighted by molar-refractivity contribution is -0.137. The zero-order valence-electron chi connectivity index (χ0n) is 43.4. The Bertz CT molecular complexity index is 3150. The van der Waals surface area contributed by atoms with Crippen molar-refractivity contribution in [3.63, 3.8) is 0 Å². The van der Waals surface area contributed by atoms with Crippen LogP contribution in [0.2, 0.25) is 5.02 Å². The molecule has 24 heteroatoms. The van der Waals surface area contributed by atoms with Crippen molar-refractivity contribution in [1.29, 1.82) is 0 Å². The van der Waals surface area contributed by atoms with Crippen LogP contribution in [0.25, 0.3) is 11.0 Å². The Morgan fingerprint density at radius 1 is 0.883 bits per heavy atom. The molecule has 4 aliphatic rings. The van der Waals surface area contributed by atoms with E-state index in [4.69, 9.17) is 21.1 Å². The number of piperidine rings is 2. The maximum atomic E-state index is 13.2. The first-order chi connectivity index (χ1) is 37.2. The third-order valence-corrected chi connectivity index (χ3v) is 15.3. The summed E-state index contributed by atoms with van der Waals surface area (Å²) in [5.74, 6) is 0.277. The number of carbonyl (C=O) groups is 5. The maximum absolute atomic E-state index is 13.2. The Kier molecular flexibility index (Phi) is 17.2. The Balaban J connectivity index is 0.682. The Labute approximate surface area is 452 Å². The molecule has 5 amide bonds. The summed E-state index contributed by atoms with van der Waals surface area (Å²) in [6, 6.07) is 12.3. The average molecular weight is 1090 g/mol. The van der Waals surface area contributed by atoms with E-state index in [1.54, 1.807) is 37.4 Å². The van der Waals surface area contributed by atoms with E-state index in [0.717, 1.165) is 88.6 Å². The van der Waals surface area contributed by atoms with E-state index in [2.05, 4.69) is 74.8 Å². The van der Waals surface area contributed by atoms with Gasteiger partial charge in [-0.05, 0) is 74.4 Å². The van der Waals surface area contributed by atoms with Gasteiger partial charge in [0.2, 0.25) is 33.7 Å². The van der Waals surface area contributed by atoms with Gasteiger partial charge in [0.25, 0.3) is 11.8 Å². The molecule has 1 atom stereocenters. The summed E-state index contributed by atoms with van der Waals surface area (Å²) in [5.41, 5.74) is 5.38. The van der Waals surface area contributed by atoms with Crippen molar-refractivity contribution in [2.75, 3.05) is 86.0 Å². The molecule has 9 rings (SSSR count). The molecule has 0 bridgehead atoms. The highest BCUT2D eigenvalue weighted by molar-refractivity contribution is 7.92. The Morgan fingerprint density at radius 3 is 2.42 bits per heavy atom. The number of unbranched alkanes of at least 4 members (excludes halogenated alkanes) is 3. The van der Waals surface area contributed by atoms with E-state index in [1.807, 2.05) is 4.90 Å². The molecule has 408 valence electrons. The summed E-state index contributed by atoms with van der Waals surface area (Å²) in [5, 5.41) is 11.9. The van der Waals surface area contributed by atoms with E-state index >= 15 is 0 Å². The number of fused-ring (bicyclic) bond motifs is 2. The van der Waals surface area contributed by atoms with Gasteiger partial charge in [-0.1, -0.05) is 37.4 Å². The van der Waals surface area contributed by atoms with Gasteiger partial charge in [0.1, 0.15) is 28.1 Å². The third-order valence-electron chi connectivity index (χ3n) is 14.5. The minimum Gasteiger partial charge on any atom is -0.494 e. The molecule has 77 heavy (non-hydrogen) atoms. The van der Waals surface area contributed by atoms with Crippen molar-refractivity contribution in [2.24, 2.45) is 0 Å². The van der Waals surface area contributed by atoms with Crippen molar-refractivity contribution in [3.8, 4) is 11.5 Å². The number of nitrogens with zero attached hydrogens (tertiary/aromatic N) is 8. The lowest BCUT2D eigenvalue weighted by Crippen LogP contribution is -2.54. The van der Waals surface area contributed by atoms with Crippen LogP contribution in [0.15, 0.2) is 61.1 Å². The lowest BCUT2D eigenvalue weighted by atomic mass is 9.99. The quantitative estimate of drug-likeness (QED) is 0.0447. The molecule has 5 aromatic rings. The number of nitrogens with one attached hydrogen (secondary N) is 5. The molecule has 6 heterocycles. The van der Waals surface area contributed by atoms with Crippen molar-refractivity contribution in [3.05, 3.63) is 82.8 Å². The monoisotopic (exact) mass is 1090 g/mol. The molecule has 22 nitrogen and oxygen atoms in total. The summed E-state index contributed by atoms with van der Waals surface area (Å²) in [7, 11) is -2.06. The van der Waals surface area contributed by atoms with E-state index in [-0.39, 0.29) is 72.1 Å². The van der Waals surface area contributed by atoms with Crippen LogP contribution in [0, 0.1) is 0 Å². The average Bonchev–Trinajstić information content (AvgIpc) is 3.77. The van der Waals surface area contributed by atoms with Crippen LogP contribution >= 0.6 is 11.6 Å². The number of hydrogen-bond acceptors (Lipinski definition) is 17. The first kappa shape index (κ1) is 54.4. The van der Waals surface area contributed by atoms with Gasteiger partial charge in [0.05, 0.1) is 48.7 Å². The minimum absolute atomic E-state index is 0.160. The van der Waals surface area contributed by atoms with Gasteiger partial charge in [-0.2, -0.15) is 4.98 Å². The van der Waals surface area contributed by atoms with Gasteiger partial charge in [-0.3, -0.25) is 48.9 Å².